The third kappa shape index (κ3) is 4.70. The van der Waals surface area contributed by atoms with Gasteiger partial charge in [-0.25, -0.2) is 9.37 Å². The molecule has 34 heavy (non-hydrogen) atoms. The molecule has 172 valence electrons. The number of halogens is 1. The normalized spacial score (nSPS) is 11.1. The first-order valence-electron chi connectivity index (χ1n) is 10.2. The van der Waals surface area contributed by atoms with Crippen LogP contribution in [0.4, 0.5) is 15.8 Å². The van der Waals surface area contributed by atoms with Gasteiger partial charge in [-0.15, -0.1) is 0 Å². The number of ether oxygens (including phenoxy) is 1. The highest BCUT2D eigenvalue weighted by Gasteiger charge is 2.21. The van der Waals surface area contributed by atoms with Gasteiger partial charge in [-0.3, -0.25) is 14.9 Å². The maximum Gasteiger partial charge on any atom is 0.313 e. The molecule has 0 aliphatic carbocycles. The average Bonchev–Trinajstić information content (AvgIpc) is 3.14. The van der Waals surface area contributed by atoms with E-state index in [9.17, 15) is 24.5 Å². The Bertz CT molecular complexity index is 1400. The summed E-state index contributed by atoms with van der Waals surface area (Å²) < 4.78 is 19.1. The predicted octanol–water partition coefficient (Wildman–Crippen LogP) is 5.04. The van der Waals surface area contributed by atoms with Gasteiger partial charge in [0.1, 0.15) is 11.3 Å². The second kappa shape index (κ2) is 9.41. The average molecular weight is 462 g/mol. The smallest absolute Gasteiger partial charge is 0.313 e. The molecule has 1 aromatic heterocycles. The lowest BCUT2D eigenvalue weighted by molar-refractivity contribution is -0.385. The molecule has 0 radical (unpaired) electrons. The number of nitro benzene ring substituents is 1. The van der Waals surface area contributed by atoms with Crippen molar-refractivity contribution in [2.75, 3.05) is 11.9 Å². The van der Waals surface area contributed by atoms with E-state index in [-0.39, 0.29) is 41.1 Å². The number of carbonyl (C=O) groups is 1. The standard InChI is InChI=1S/C24H19FN4O5/c1-2-34-22-13-19-20(14-21(22)29(32)33)28(31)24(27-19)16-6-10-18(11-7-16)26-23(30)12-5-15-3-8-17(25)9-4-15/h3-14,31H,2H2,1H3,(H,26,30). The first-order chi connectivity index (χ1) is 16.4. The van der Waals surface area contributed by atoms with Crippen LogP contribution < -0.4 is 10.1 Å². The maximum atomic E-state index is 13.0. The number of hydrogen-bond acceptors (Lipinski definition) is 6. The number of carbonyl (C=O) groups excluding carboxylic acids is 1. The SMILES string of the molecule is CCOc1cc2nc(-c3ccc(NC(=O)C=Cc4ccc(F)cc4)cc3)n(O)c2cc1[N+](=O)[O-]. The Morgan fingerprint density at radius 1 is 1.21 bits per heavy atom. The fraction of sp³-hybridized carbons (Fsp3) is 0.0833. The number of hydrogen-bond donors (Lipinski definition) is 2. The molecule has 0 saturated carbocycles. The summed E-state index contributed by atoms with van der Waals surface area (Å²) in [6, 6.07) is 14.9. The first-order valence-corrected chi connectivity index (χ1v) is 10.2. The van der Waals surface area contributed by atoms with Gasteiger partial charge in [-0.1, -0.05) is 12.1 Å². The minimum Gasteiger partial charge on any atom is -0.487 e. The van der Waals surface area contributed by atoms with Gasteiger partial charge < -0.3 is 15.3 Å². The van der Waals surface area contributed by atoms with Crippen LogP contribution in [0, 0.1) is 15.9 Å². The number of aromatic nitrogens is 2. The Labute approximate surface area is 192 Å². The number of nitrogens with one attached hydrogen (secondary N) is 1. The van der Waals surface area contributed by atoms with E-state index in [4.69, 9.17) is 4.74 Å². The quantitative estimate of drug-likeness (QED) is 0.172. The Morgan fingerprint density at radius 2 is 1.91 bits per heavy atom. The highest BCUT2D eigenvalue weighted by molar-refractivity contribution is 6.02. The number of nitrogens with zero attached hydrogens (tertiary/aromatic N) is 3. The molecule has 0 saturated heterocycles. The lowest BCUT2D eigenvalue weighted by atomic mass is 10.2. The molecule has 1 amide bonds. The van der Waals surface area contributed by atoms with Crippen molar-refractivity contribution in [2.45, 2.75) is 6.92 Å². The monoisotopic (exact) mass is 462 g/mol. The summed E-state index contributed by atoms with van der Waals surface area (Å²) in [5.41, 5.74) is 1.93. The first kappa shape index (κ1) is 22.5. The van der Waals surface area contributed by atoms with Crippen LogP contribution in [0.3, 0.4) is 0 Å². The van der Waals surface area contributed by atoms with E-state index in [0.29, 0.717) is 22.3 Å². The van der Waals surface area contributed by atoms with Crippen LogP contribution in [0.15, 0.2) is 66.7 Å². The number of anilines is 1. The van der Waals surface area contributed by atoms with E-state index in [1.54, 1.807) is 49.4 Å². The van der Waals surface area contributed by atoms with Crippen LogP contribution in [0.25, 0.3) is 28.5 Å². The minimum absolute atomic E-state index is 0.0661. The van der Waals surface area contributed by atoms with Crippen LogP contribution in [0.2, 0.25) is 0 Å². The summed E-state index contributed by atoms with van der Waals surface area (Å²) >= 11 is 0. The minimum atomic E-state index is -0.584. The molecular formula is C24H19FN4O5. The van der Waals surface area contributed by atoms with Gasteiger partial charge in [0.2, 0.25) is 5.91 Å². The fourth-order valence-electron chi connectivity index (χ4n) is 3.31. The number of nitro groups is 1. The lowest BCUT2D eigenvalue weighted by Gasteiger charge is -2.05. The van der Waals surface area contributed by atoms with Gasteiger partial charge in [0.15, 0.2) is 11.6 Å². The molecule has 0 spiro atoms. The van der Waals surface area contributed by atoms with E-state index in [2.05, 4.69) is 10.3 Å². The second-order valence-corrected chi connectivity index (χ2v) is 7.20. The summed E-state index contributed by atoms with van der Waals surface area (Å²) in [4.78, 5) is 27.3. The molecule has 0 aliphatic heterocycles. The van der Waals surface area contributed by atoms with E-state index >= 15 is 0 Å². The number of imidazole rings is 1. The van der Waals surface area contributed by atoms with Crippen molar-refractivity contribution in [1.82, 2.24) is 9.71 Å². The molecular weight excluding hydrogens is 443 g/mol. The van der Waals surface area contributed by atoms with E-state index in [1.807, 2.05) is 0 Å². The Kier molecular flexibility index (Phi) is 6.22. The largest absolute Gasteiger partial charge is 0.487 e. The zero-order chi connectivity index (χ0) is 24.2. The third-order valence-corrected chi connectivity index (χ3v) is 4.92. The van der Waals surface area contributed by atoms with Crippen molar-refractivity contribution in [3.8, 4) is 17.1 Å². The molecule has 0 atom stereocenters. The molecule has 0 fully saturated rings. The number of benzene rings is 3. The van der Waals surface area contributed by atoms with Crippen molar-refractivity contribution < 1.29 is 24.1 Å². The van der Waals surface area contributed by atoms with Gasteiger partial charge in [0.05, 0.1) is 17.0 Å². The lowest BCUT2D eigenvalue weighted by Crippen LogP contribution is -2.07. The molecule has 0 unspecified atom stereocenters. The summed E-state index contributed by atoms with van der Waals surface area (Å²) in [6.45, 7) is 1.95. The number of rotatable bonds is 7. The number of fused-ring (bicyclic) bond motifs is 1. The zero-order valence-corrected chi connectivity index (χ0v) is 17.9. The van der Waals surface area contributed by atoms with Crippen molar-refractivity contribution in [3.05, 3.63) is 88.2 Å². The van der Waals surface area contributed by atoms with Crippen molar-refractivity contribution in [2.24, 2.45) is 0 Å². The molecule has 0 bridgehead atoms. The fourth-order valence-corrected chi connectivity index (χ4v) is 3.31. The third-order valence-electron chi connectivity index (χ3n) is 4.92. The van der Waals surface area contributed by atoms with Gasteiger partial charge in [0.25, 0.3) is 0 Å². The molecule has 9 nitrogen and oxygen atoms in total. The maximum absolute atomic E-state index is 13.0. The second-order valence-electron chi connectivity index (χ2n) is 7.20. The Hall–Kier alpha value is -4.73. The highest BCUT2D eigenvalue weighted by atomic mass is 19.1. The van der Waals surface area contributed by atoms with Crippen molar-refractivity contribution in [1.29, 1.82) is 0 Å². The van der Waals surface area contributed by atoms with E-state index < -0.39 is 4.92 Å². The van der Waals surface area contributed by atoms with Crippen LogP contribution in [0.1, 0.15) is 12.5 Å². The molecule has 10 heteroatoms. The van der Waals surface area contributed by atoms with Gasteiger partial charge >= 0.3 is 5.69 Å². The molecule has 4 rings (SSSR count). The summed E-state index contributed by atoms with van der Waals surface area (Å²) in [5, 5.41) is 24.6. The highest BCUT2D eigenvalue weighted by Crippen LogP contribution is 2.34. The summed E-state index contributed by atoms with van der Waals surface area (Å²) in [5.74, 6) is -0.489. The summed E-state index contributed by atoms with van der Waals surface area (Å²) in [6.07, 6.45) is 2.89. The van der Waals surface area contributed by atoms with Gasteiger partial charge in [-0.05, 0) is 55.0 Å². The van der Waals surface area contributed by atoms with Crippen LogP contribution in [-0.2, 0) is 4.79 Å². The Morgan fingerprint density at radius 3 is 2.56 bits per heavy atom. The van der Waals surface area contributed by atoms with Gasteiger partial charge in [0, 0.05) is 29.5 Å². The number of amides is 1. The zero-order valence-electron chi connectivity index (χ0n) is 17.9. The van der Waals surface area contributed by atoms with Crippen molar-refractivity contribution in [3.63, 3.8) is 0 Å². The molecule has 0 aliphatic rings. The van der Waals surface area contributed by atoms with Gasteiger partial charge in [-0.2, -0.15) is 4.73 Å². The van der Waals surface area contributed by atoms with E-state index in [0.717, 1.165) is 4.73 Å². The molecule has 3 aromatic carbocycles. The predicted molar refractivity (Wildman–Crippen MR) is 124 cm³/mol. The molecule has 2 N–H and O–H groups in total. The van der Waals surface area contributed by atoms with E-state index in [1.165, 1.54) is 30.3 Å². The van der Waals surface area contributed by atoms with Crippen molar-refractivity contribution >= 4 is 34.4 Å². The molecule has 4 aromatic rings. The Balaban J connectivity index is 1.54. The molecule has 1 heterocycles. The van der Waals surface area contributed by atoms with Crippen LogP contribution in [0.5, 0.6) is 5.75 Å². The summed E-state index contributed by atoms with van der Waals surface area (Å²) in [7, 11) is 0. The topological polar surface area (TPSA) is 120 Å². The van der Waals surface area contributed by atoms with Crippen LogP contribution >= 0.6 is 0 Å². The van der Waals surface area contributed by atoms with Crippen LogP contribution in [-0.4, -0.2) is 32.4 Å².